The molecule has 0 saturated heterocycles. The first kappa shape index (κ1) is 27.1. The van der Waals surface area contributed by atoms with E-state index in [4.69, 9.17) is 0 Å². The molecule has 0 aliphatic heterocycles. The van der Waals surface area contributed by atoms with Crippen LogP contribution in [0.2, 0.25) is 0 Å². The van der Waals surface area contributed by atoms with Crippen molar-refractivity contribution in [3.8, 4) is 0 Å². The molecule has 3 atom stereocenters. The first-order chi connectivity index (χ1) is 18.7. The lowest BCUT2D eigenvalue weighted by molar-refractivity contribution is -0.141. The third-order valence-corrected chi connectivity index (χ3v) is 6.37. The van der Waals surface area contributed by atoms with Crippen LogP contribution in [-0.2, 0) is 27.2 Å². The number of fused-ring (bicyclic) bond motifs is 1. The van der Waals surface area contributed by atoms with E-state index in [2.05, 4.69) is 15.6 Å². The molecule has 3 aromatic carbocycles. The summed E-state index contributed by atoms with van der Waals surface area (Å²) in [5.74, 6) is -2.68. The fourth-order valence-electron chi connectivity index (χ4n) is 4.30. The minimum absolute atomic E-state index is 0.000789. The highest BCUT2D eigenvalue weighted by Gasteiger charge is 2.30. The number of para-hydroxylation sites is 1. The van der Waals surface area contributed by atoms with Crippen molar-refractivity contribution >= 4 is 28.7 Å². The van der Waals surface area contributed by atoms with E-state index in [9.17, 15) is 29.1 Å². The summed E-state index contributed by atoms with van der Waals surface area (Å²) in [6.45, 7) is 1.31. The fraction of sp³-hybridized carbons (Fsp3) is 0.207. The lowest BCUT2D eigenvalue weighted by Crippen LogP contribution is -2.54. The Kier molecular flexibility index (Phi) is 8.35. The second-order valence-electron chi connectivity index (χ2n) is 9.18. The van der Waals surface area contributed by atoms with Gasteiger partial charge >= 0.3 is 11.7 Å². The Labute approximate surface area is 223 Å². The largest absolute Gasteiger partial charge is 0.480 e. The number of nitrogens with one attached hydrogen (secondary N) is 3. The van der Waals surface area contributed by atoms with Gasteiger partial charge in [-0.25, -0.2) is 9.36 Å². The lowest BCUT2D eigenvalue weighted by Gasteiger charge is -2.24. The molecule has 4 aromatic rings. The average Bonchev–Trinajstić information content (AvgIpc) is 2.93. The number of carboxylic acids is 1. The molecule has 200 valence electrons. The minimum Gasteiger partial charge on any atom is -0.480 e. The number of nitrogens with zero attached hydrogens (tertiary/aromatic N) is 1. The van der Waals surface area contributed by atoms with Gasteiger partial charge in [0.2, 0.25) is 11.8 Å². The number of aromatic nitrogens is 2. The van der Waals surface area contributed by atoms with E-state index < -0.39 is 47.2 Å². The molecule has 0 aliphatic carbocycles. The van der Waals surface area contributed by atoms with Gasteiger partial charge in [0.25, 0.3) is 5.56 Å². The molecule has 0 fully saturated rings. The van der Waals surface area contributed by atoms with Crippen molar-refractivity contribution < 1.29 is 19.5 Å². The van der Waals surface area contributed by atoms with Crippen LogP contribution in [0.5, 0.6) is 0 Å². The van der Waals surface area contributed by atoms with Gasteiger partial charge in [-0.3, -0.25) is 19.2 Å². The van der Waals surface area contributed by atoms with Crippen LogP contribution < -0.4 is 21.9 Å². The zero-order valence-electron chi connectivity index (χ0n) is 21.2. The lowest BCUT2D eigenvalue weighted by atomic mass is 10.0. The van der Waals surface area contributed by atoms with Gasteiger partial charge < -0.3 is 20.7 Å². The number of hydrogen-bond donors (Lipinski definition) is 4. The van der Waals surface area contributed by atoms with Gasteiger partial charge in [0.05, 0.1) is 10.9 Å². The van der Waals surface area contributed by atoms with Crippen LogP contribution >= 0.6 is 0 Å². The van der Waals surface area contributed by atoms with Crippen molar-refractivity contribution in [2.75, 3.05) is 0 Å². The highest BCUT2D eigenvalue weighted by Crippen LogP contribution is 2.15. The van der Waals surface area contributed by atoms with E-state index in [1.165, 1.54) is 6.92 Å². The maximum Gasteiger partial charge on any atom is 0.329 e. The third-order valence-electron chi connectivity index (χ3n) is 6.37. The standard InChI is InChI=1S/C29H28N4O6/c1-18(28(37)38)30-25(34)23(16-19-10-4-2-5-11-19)31-26(35)24(17-20-12-6-3-7-13-20)33-27(36)21-14-8-9-15-22(21)32-29(33)39/h2-15,18,23-24H,16-17H2,1H3,(H,30,34)(H,31,35)(H,32,39)(H,37,38)/t18-,23+,24-/m1/s1. The van der Waals surface area contributed by atoms with Crippen LogP contribution in [0.25, 0.3) is 10.9 Å². The molecule has 10 heteroatoms. The van der Waals surface area contributed by atoms with E-state index >= 15 is 0 Å². The third kappa shape index (κ3) is 6.48. The van der Waals surface area contributed by atoms with Gasteiger partial charge in [-0.2, -0.15) is 0 Å². The maximum absolute atomic E-state index is 13.8. The van der Waals surface area contributed by atoms with Crippen molar-refractivity contribution in [1.29, 1.82) is 0 Å². The van der Waals surface area contributed by atoms with Crippen molar-refractivity contribution in [3.63, 3.8) is 0 Å². The van der Waals surface area contributed by atoms with Gasteiger partial charge in [0, 0.05) is 12.8 Å². The van der Waals surface area contributed by atoms with Gasteiger partial charge in [0.1, 0.15) is 18.1 Å². The molecular formula is C29H28N4O6. The number of benzene rings is 3. The Balaban J connectivity index is 1.74. The number of carbonyl (C=O) groups excluding carboxylic acids is 2. The quantitative estimate of drug-likeness (QED) is 0.246. The van der Waals surface area contributed by atoms with E-state index in [1.54, 1.807) is 84.9 Å². The van der Waals surface area contributed by atoms with E-state index in [-0.39, 0.29) is 18.2 Å². The van der Waals surface area contributed by atoms with Crippen LogP contribution in [0, 0.1) is 0 Å². The predicted octanol–water partition coefficient (Wildman–Crippen LogP) is 1.79. The number of aliphatic carboxylic acids is 1. The second-order valence-corrected chi connectivity index (χ2v) is 9.18. The Morgan fingerprint density at radius 3 is 1.97 bits per heavy atom. The number of carbonyl (C=O) groups is 3. The smallest absolute Gasteiger partial charge is 0.329 e. The van der Waals surface area contributed by atoms with Gasteiger partial charge in [-0.05, 0) is 30.2 Å². The number of amides is 2. The molecule has 0 aliphatic rings. The Morgan fingerprint density at radius 2 is 1.36 bits per heavy atom. The summed E-state index contributed by atoms with van der Waals surface area (Å²) in [6, 6.07) is 20.6. The van der Waals surface area contributed by atoms with Crippen LogP contribution in [0.3, 0.4) is 0 Å². The Bertz CT molecular complexity index is 1600. The zero-order valence-corrected chi connectivity index (χ0v) is 21.2. The average molecular weight is 529 g/mol. The molecule has 0 saturated carbocycles. The summed E-state index contributed by atoms with van der Waals surface area (Å²) in [4.78, 5) is 67.4. The van der Waals surface area contributed by atoms with Crippen LogP contribution in [-0.4, -0.2) is 44.5 Å². The highest BCUT2D eigenvalue weighted by atomic mass is 16.4. The zero-order chi connectivity index (χ0) is 27.9. The van der Waals surface area contributed by atoms with Gasteiger partial charge in [-0.15, -0.1) is 0 Å². The SMILES string of the molecule is C[C@@H](NC(=O)[C@H](Cc1ccccc1)NC(=O)[C@@H](Cc1ccccc1)n1c(=O)[nH]c2ccccc2c1=O)C(=O)O. The number of aromatic amines is 1. The first-order valence-corrected chi connectivity index (χ1v) is 12.4. The molecule has 1 aromatic heterocycles. The normalized spacial score (nSPS) is 13.3. The summed E-state index contributed by atoms with van der Waals surface area (Å²) in [7, 11) is 0. The van der Waals surface area contributed by atoms with Crippen molar-refractivity contribution in [2.24, 2.45) is 0 Å². The summed E-state index contributed by atoms with van der Waals surface area (Å²) >= 11 is 0. The Hall–Kier alpha value is -4.99. The van der Waals surface area contributed by atoms with Gasteiger partial charge in [-0.1, -0.05) is 72.8 Å². The molecule has 0 radical (unpaired) electrons. The van der Waals surface area contributed by atoms with Crippen molar-refractivity contribution in [1.82, 2.24) is 20.2 Å². The molecule has 0 spiro atoms. The van der Waals surface area contributed by atoms with Crippen LogP contribution in [0.1, 0.15) is 24.1 Å². The van der Waals surface area contributed by atoms with E-state index in [1.807, 2.05) is 0 Å². The Morgan fingerprint density at radius 1 is 0.795 bits per heavy atom. The predicted molar refractivity (Wildman–Crippen MR) is 145 cm³/mol. The molecular weight excluding hydrogens is 500 g/mol. The topological polar surface area (TPSA) is 150 Å². The first-order valence-electron chi connectivity index (χ1n) is 12.4. The maximum atomic E-state index is 13.8. The highest BCUT2D eigenvalue weighted by molar-refractivity contribution is 5.91. The molecule has 0 bridgehead atoms. The molecule has 0 unspecified atom stereocenters. The van der Waals surface area contributed by atoms with Crippen LogP contribution in [0.4, 0.5) is 0 Å². The summed E-state index contributed by atoms with van der Waals surface area (Å²) < 4.78 is 0.863. The molecule has 10 nitrogen and oxygen atoms in total. The van der Waals surface area contributed by atoms with E-state index in [0.29, 0.717) is 11.1 Å². The number of hydrogen-bond acceptors (Lipinski definition) is 5. The molecule has 2 amide bonds. The molecule has 4 N–H and O–H groups in total. The number of carboxylic acid groups (broad SMARTS) is 1. The van der Waals surface area contributed by atoms with Crippen LogP contribution in [0.15, 0.2) is 94.5 Å². The summed E-state index contributed by atoms with van der Waals surface area (Å²) in [6.07, 6.45) is 0.0605. The second kappa shape index (κ2) is 12.0. The molecule has 39 heavy (non-hydrogen) atoms. The summed E-state index contributed by atoms with van der Waals surface area (Å²) in [5, 5.41) is 14.6. The van der Waals surface area contributed by atoms with E-state index in [0.717, 1.165) is 10.1 Å². The van der Waals surface area contributed by atoms with Gasteiger partial charge in [0.15, 0.2) is 0 Å². The number of rotatable bonds is 10. The fourth-order valence-corrected chi connectivity index (χ4v) is 4.30. The van der Waals surface area contributed by atoms with Crippen molar-refractivity contribution in [3.05, 3.63) is 117 Å². The monoisotopic (exact) mass is 528 g/mol. The van der Waals surface area contributed by atoms with Crippen molar-refractivity contribution in [2.45, 2.75) is 37.9 Å². The minimum atomic E-state index is -1.30. The number of H-pyrrole nitrogens is 1. The molecule has 1 heterocycles. The summed E-state index contributed by atoms with van der Waals surface area (Å²) in [5.41, 5.74) is 0.348. The molecule has 4 rings (SSSR count).